The minimum atomic E-state index is -0.817. The van der Waals surface area contributed by atoms with E-state index in [0.717, 1.165) is 47.6 Å². The number of rotatable bonds is 6. The molecule has 7 nitrogen and oxygen atoms in total. The second-order valence-corrected chi connectivity index (χ2v) is 8.95. The summed E-state index contributed by atoms with van der Waals surface area (Å²) in [5.41, 5.74) is 3.49. The quantitative estimate of drug-likeness (QED) is 0.430. The predicted octanol–water partition coefficient (Wildman–Crippen LogP) is 4.89. The Balaban J connectivity index is 1.53. The number of halogens is 2. The van der Waals surface area contributed by atoms with Gasteiger partial charge in [0.15, 0.2) is 5.82 Å². The van der Waals surface area contributed by atoms with Crippen molar-refractivity contribution < 1.29 is 13.6 Å². The van der Waals surface area contributed by atoms with Gasteiger partial charge in [0.25, 0.3) is 5.91 Å². The van der Waals surface area contributed by atoms with Crippen molar-refractivity contribution in [2.24, 2.45) is 7.05 Å². The molecule has 3 aromatic heterocycles. The maximum Gasteiger partial charge on any atom is 0.251 e. The molecule has 1 aliphatic rings. The number of carbonyl (C=O) groups excluding carboxylic acids is 1. The number of benzene rings is 1. The molecule has 0 bridgehead atoms. The van der Waals surface area contributed by atoms with E-state index < -0.39 is 23.6 Å². The number of nitrogens with one attached hydrogen (secondary N) is 1. The Bertz CT molecular complexity index is 1410. The second kappa shape index (κ2) is 8.98. The first-order valence-electron chi connectivity index (χ1n) is 11.4. The van der Waals surface area contributed by atoms with Crippen molar-refractivity contribution in [3.63, 3.8) is 0 Å². The number of nitrogens with zero attached hydrogens (tertiary/aromatic N) is 5. The van der Waals surface area contributed by atoms with Crippen LogP contribution in [0.4, 0.5) is 8.78 Å². The average molecular weight is 475 g/mol. The highest BCUT2D eigenvalue weighted by Gasteiger charge is 2.29. The van der Waals surface area contributed by atoms with Crippen molar-refractivity contribution in [2.45, 2.75) is 38.6 Å². The fraction of sp³-hybridized carbons (Fsp3) is 0.269. The topological polar surface area (TPSA) is 85.6 Å². The fourth-order valence-electron chi connectivity index (χ4n) is 4.06. The summed E-state index contributed by atoms with van der Waals surface area (Å²) < 4.78 is 29.4. The summed E-state index contributed by atoms with van der Waals surface area (Å²) >= 11 is 0. The molecule has 0 aliphatic heterocycles. The number of aryl methyl sites for hydroxylation is 1. The number of hydrogen-bond acceptors (Lipinski definition) is 5. The number of pyridine rings is 2. The lowest BCUT2D eigenvalue weighted by Crippen LogP contribution is -2.28. The lowest BCUT2D eigenvalue weighted by molar-refractivity contribution is 0.0938. The smallest absolute Gasteiger partial charge is 0.251 e. The molecule has 178 valence electrons. The molecular formula is C26H24F2N6O. The van der Waals surface area contributed by atoms with Gasteiger partial charge < -0.3 is 9.88 Å². The van der Waals surface area contributed by atoms with Gasteiger partial charge in [-0.05, 0) is 56.5 Å². The van der Waals surface area contributed by atoms with Crippen molar-refractivity contribution >= 4 is 5.91 Å². The molecule has 1 saturated carbocycles. The molecule has 1 N–H and O–H groups in total. The summed E-state index contributed by atoms with van der Waals surface area (Å²) in [7, 11) is 1.92. The van der Waals surface area contributed by atoms with Crippen LogP contribution in [-0.2, 0) is 7.05 Å². The Morgan fingerprint density at radius 1 is 1.06 bits per heavy atom. The Morgan fingerprint density at radius 3 is 2.51 bits per heavy atom. The van der Waals surface area contributed by atoms with Crippen molar-refractivity contribution in [1.29, 1.82) is 0 Å². The third-order valence-corrected chi connectivity index (χ3v) is 6.11. The van der Waals surface area contributed by atoms with Crippen LogP contribution < -0.4 is 5.32 Å². The Morgan fingerprint density at radius 2 is 1.83 bits per heavy atom. The SMILES string of the molecule is Cc1ccc(-c2cc(C(=O)NC(C)c3ncc(F)cc3F)cc(-c3nnc(C4CC4)n3C)c2)nc1. The minimum Gasteiger partial charge on any atom is -0.344 e. The molecule has 1 unspecified atom stereocenters. The molecule has 35 heavy (non-hydrogen) atoms. The molecule has 1 fully saturated rings. The molecule has 1 aromatic carbocycles. The normalized spacial score (nSPS) is 14.1. The van der Waals surface area contributed by atoms with Gasteiger partial charge in [-0.3, -0.25) is 14.8 Å². The van der Waals surface area contributed by atoms with Gasteiger partial charge in [-0.25, -0.2) is 8.78 Å². The van der Waals surface area contributed by atoms with E-state index in [1.165, 1.54) is 0 Å². The number of aromatic nitrogens is 5. The van der Waals surface area contributed by atoms with E-state index in [-0.39, 0.29) is 5.69 Å². The summed E-state index contributed by atoms with van der Waals surface area (Å²) in [5.74, 6) is -0.0250. The molecule has 1 atom stereocenters. The fourth-order valence-corrected chi connectivity index (χ4v) is 4.06. The maximum atomic E-state index is 14.2. The van der Waals surface area contributed by atoms with Gasteiger partial charge in [0.2, 0.25) is 0 Å². The zero-order valence-electron chi connectivity index (χ0n) is 19.6. The van der Waals surface area contributed by atoms with E-state index in [9.17, 15) is 13.6 Å². The molecular weight excluding hydrogens is 450 g/mol. The van der Waals surface area contributed by atoms with Crippen LogP contribution in [0.25, 0.3) is 22.6 Å². The van der Waals surface area contributed by atoms with Crippen LogP contribution >= 0.6 is 0 Å². The summed E-state index contributed by atoms with van der Waals surface area (Å²) in [5, 5.41) is 11.5. The Labute approximate surface area is 201 Å². The zero-order valence-corrected chi connectivity index (χ0v) is 19.6. The van der Waals surface area contributed by atoms with Crippen LogP contribution in [0, 0.1) is 18.6 Å². The summed E-state index contributed by atoms with van der Waals surface area (Å²) in [6, 6.07) is 9.21. The molecule has 0 radical (unpaired) electrons. The van der Waals surface area contributed by atoms with Crippen LogP contribution in [-0.4, -0.2) is 30.6 Å². The van der Waals surface area contributed by atoms with Gasteiger partial charge >= 0.3 is 0 Å². The summed E-state index contributed by atoms with van der Waals surface area (Å²) in [4.78, 5) is 21.5. The lowest BCUT2D eigenvalue weighted by Gasteiger charge is -2.15. The van der Waals surface area contributed by atoms with Crippen molar-refractivity contribution in [2.75, 3.05) is 0 Å². The molecule has 5 rings (SSSR count). The minimum absolute atomic E-state index is 0.0429. The van der Waals surface area contributed by atoms with Crippen LogP contribution in [0.1, 0.15) is 59.2 Å². The van der Waals surface area contributed by atoms with Gasteiger partial charge in [0.1, 0.15) is 17.5 Å². The van der Waals surface area contributed by atoms with Crippen LogP contribution in [0.2, 0.25) is 0 Å². The van der Waals surface area contributed by atoms with Crippen molar-refractivity contribution in [3.05, 3.63) is 83.1 Å². The average Bonchev–Trinajstić information content (AvgIpc) is 3.60. The molecule has 0 spiro atoms. The molecule has 1 amide bonds. The highest BCUT2D eigenvalue weighted by Crippen LogP contribution is 2.40. The summed E-state index contributed by atoms with van der Waals surface area (Å²) in [6.07, 6.45) is 4.88. The maximum absolute atomic E-state index is 14.2. The first kappa shape index (κ1) is 22.8. The predicted molar refractivity (Wildman–Crippen MR) is 126 cm³/mol. The number of hydrogen-bond donors (Lipinski definition) is 1. The standard InChI is InChI=1S/C26H24F2N6O/c1-14-4-7-22(29-12-14)17-8-18(25-33-32-24(34(25)3)16-5-6-16)10-19(9-17)26(35)31-15(2)23-21(28)11-20(27)13-30-23/h4,7-13,15-16H,5-6H2,1-3H3,(H,31,35). The molecule has 1 aliphatic carbocycles. The zero-order chi connectivity index (χ0) is 24.7. The van der Waals surface area contributed by atoms with E-state index in [2.05, 4.69) is 25.5 Å². The van der Waals surface area contributed by atoms with E-state index in [1.54, 1.807) is 25.3 Å². The number of carbonyl (C=O) groups is 1. The van der Waals surface area contributed by atoms with Crippen LogP contribution in [0.5, 0.6) is 0 Å². The first-order valence-corrected chi connectivity index (χ1v) is 11.4. The van der Waals surface area contributed by atoms with Gasteiger partial charge in [-0.2, -0.15) is 0 Å². The van der Waals surface area contributed by atoms with Crippen LogP contribution in [0.15, 0.2) is 48.8 Å². The molecule has 0 saturated heterocycles. The Kier molecular flexibility index (Phi) is 5.84. The van der Waals surface area contributed by atoms with Crippen molar-refractivity contribution in [1.82, 2.24) is 30.0 Å². The lowest BCUT2D eigenvalue weighted by atomic mass is 10.0. The largest absolute Gasteiger partial charge is 0.344 e. The van der Waals surface area contributed by atoms with E-state index >= 15 is 0 Å². The number of amides is 1. The van der Waals surface area contributed by atoms with Gasteiger partial charge in [-0.1, -0.05) is 6.07 Å². The van der Waals surface area contributed by atoms with Crippen LogP contribution in [0.3, 0.4) is 0 Å². The van der Waals surface area contributed by atoms with E-state index in [0.29, 0.717) is 23.0 Å². The van der Waals surface area contributed by atoms with Gasteiger partial charge in [0.05, 0.1) is 23.6 Å². The highest BCUT2D eigenvalue weighted by molar-refractivity contribution is 5.97. The second-order valence-electron chi connectivity index (χ2n) is 8.95. The highest BCUT2D eigenvalue weighted by atomic mass is 19.1. The first-order chi connectivity index (χ1) is 16.8. The third-order valence-electron chi connectivity index (χ3n) is 6.11. The van der Waals surface area contributed by atoms with Gasteiger partial charge in [-0.15, -0.1) is 10.2 Å². The van der Waals surface area contributed by atoms with Crippen molar-refractivity contribution in [3.8, 4) is 22.6 Å². The monoisotopic (exact) mass is 474 g/mol. The Hall–Kier alpha value is -4.01. The van der Waals surface area contributed by atoms with Gasteiger partial charge in [0, 0.05) is 41.9 Å². The summed E-state index contributed by atoms with van der Waals surface area (Å²) in [6.45, 7) is 3.55. The van der Waals surface area contributed by atoms with E-state index in [1.807, 2.05) is 36.7 Å². The molecule has 3 heterocycles. The molecule has 9 heteroatoms. The van der Waals surface area contributed by atoms with E-state index in [4.69, 9.17) is 0 Å². The molecule has 4 aromatic rings. The third kappa shape index (κ3) is 4.66.